The molecule has 0 aliphatic heterocycles. The molecule has 13 heteroatoms. The molecule has 0 saturated heterocycles. The van der Waals surface area contributed by atoms with E-state index in [4.69, 9.17) is 24.7 Å². The Kier molecular flexibility index (Phi) is 21.3. The molecule has 0 aliphatic carbocycles. The number of anilines is 4. The van der Waals surface area contributed by atoms with Gasteiger partial charge in [0.15, 0.2) is 0 Å². The van der Waals surface area contributed by atoms with E-state index in [0.29, 0.717) is 90.3 Å². The molecule has 1 heterocycles. The van der Waals surface area contributed by atoms with E-state index in [9.17, 15) is 0 Å². The molecule has 0 spiro atoms. The third-order valence-corrected chi connectivity index (χ3v) is 6.31. The van der Waals surface area contributed by atoms with E-state index in [1.54, 1.807) is 0 Å². The Labute approximate surface area is 263 Å². The predicted octanol–water partition coefficient (Wildman–Crippen LogP) is 3.21. The summed E-state index contributed by atoms with van der Waals surface area (Å²) in [4.78, 5) is 13.7. The van der Waals surface area contributed by atoms with Crippen LogP contribution in [0.5, 0.6) is 0 Å². The molecule has 1 aromatic carbocycles. The minimum atomic E-state index is 0.451. The molecular weight excluding hydrogens is 562 g/mol. The first kappa shape index (κ1) is 37.1. The van der Waals surface area contributed by atoms with E-state index in [2.05, 4.69) is 55.0 Å². The summed E-state index contributed by atoms with van der Waals surface area (Å²) in [5.41, 5.74) is 8.06. The number of nitrogens with two attached hydrogens (primary N) is 1. The molecule has 1 aromatic heterocycles. The third-order valence-electron chi connectivity index (χ3n) is 6.31. The number of nitrogens with zero attached hydrogens (tertiary/aromatic N) is 3. The van der Waals surface area contributed by atoms with Crippen molar-refractivity contribution in [2.45, 2.75) is 39.0 Å². The standard InChI is InChI=1S/C31H55N9O4/c1-4-5-6-7-8-14-35-29-38-30(36-17-21-44-25-24-42-19-15-33-3)40-31(39-29)37-28-11-9-27(10-12-28)26(2)34-16-20-43-23-22-41-18-13-32/h9-12,33-34H,2,4-8,13-25,32H2,1,3H3,(H3,35,36,37,38,39,40). The van der Waals surface area contributed by atoms with Crippen LogP contribution in [0.25, 0.3) is 5.70 Å². The second-order valence-electron chi connectivity index (χ2n) is 10.0. The Bertz CT molecular complexity index is 999. The van der Waals surface area contributed by atoms with Crippen molar-refractivity contribution in [3.63, 3.8) is 0 Å². The summed E-state index contributed by atoms with van der Waals surface area (Å²) in [5.74, 6) is 1.46. The molecule has 7 N–H and O–H groups in total. The van der Waals surface area contributed by atoms with Crippen LogP contribution < -0.4 is 32.3 Å². The summed E-state index contributed by atoms with van der Waals surface area (Å²) >= 11 is 0. The van der Waals surface area contributed by atoms with E-state index in [-0.39, 0.29) is 0 Å². The lowest BCUT2D eigenvalue weighted by Gasteiger charge is -2.13. The number of hydrogen-bond acceptors (Lipinski definition) is 13. The smallest absolute Gasteiger partial charge is 0.233 e. The molecule has 2 rings (SSSR count). The van der Waals surface area contributed by atoms with Crippen LogP contribution in [0.15, 0.2) is 30.8 Å². The second kappa shape index (κ2) is 25.3. The van der Waals surface area contributed by atoms with Crippen molar-refractivity contribution in [2.75, 3.05) is 109 Å². The SMILES string of the molecule is C=C(NCCOCCOCCN)c1ccc(Nc2nc(NCCCCCCC)nc(NCCOCCOCCNC)n2)cc1. The molecule has 44 heavy (non-hydrogen) atoms. The number of hydrogen-bond donors (Lipinski definition) is 6. The molecule has 0 amide bonds. The van der Waals surface area contributed by atoms with Gasteiger partial charge in [0, 0.05) is 44.1 Å². The zero-order valence-corrected chi connectivity index (χ0v) is 26.8. The van der Waals surface area contributed by atoms with Gasteiger partial charge in [0.05, 0.1) is 52.9 Å². The molecule has 2 aromatic rings. The second-order valence-corrected chi connectivity index (χ2v) is 10.0. The average Bonchev–Trinajstić information content (AvgIpc) is 3.03. The van der Waals surface area contributed by atoms with E-state index in [1.807, 2.05) is 31.3 Å². The third kappa shape index (κ3) is 17.9. The highest BCUT2D eigenvalue weighted by molar-refractivity contribution is 5.65. The van der Waals surface area contributed by atoms with Crippen LogP contribution in [0.4, 0.5) is 23.5 Å². The van der Waals surface area contributed by atoms with Gasteiger partial charge in [-0.2, -0.15) is 15.0 Å². The molecule has 0 aliphatic rings. The van der Waals surface area contributed by atoms with Crippen molar-refractivity contribution < 1.29 is 18.9 Å². The van der Waals surface area contributed by atoms with Gasteiger partial charge in [0.25, 0.3) is 0 Å². The fourth-order valence-electron chi connectivity index (χ4n) is 3.92. The minimum absolute atomic E-state index is 0.451. The monoisotopic (exact) mass is 617 g/mol. The van der Waals surface area contributed by atoms with Gasteiger partial charge in [0.2, 0.25) is 17.8 Å². The number of likely N-dealkylation sites (N-methyl/N-ethyl adjacent to an activating group) is 1. The highest BCUT2D eigenvalue weighted by Crippen LogP contribution is 2.19. The fraction of sp³-hybridized carbons (Fsp3) is 0.645. The Balaban J connectivity index is 1.86. The van der Waals surface area contributed by atoms with Gasteiger partial charge in [0.1, 0.15) is 0 Å². The van der Waals surface area contributed by atoms with Gasteiger partial charge >= 0.3 is 0 Å². The Hall–Kier alpha value is -3.07. The van der Waals surface area contributed by atoms with Crippen molar-refractivity contribution in [2.24, 2.45) is 5.73 Å². The van der Waals surface area contributed by atoms with Crippen molar-refractivity contribution >= 4 is 29.2 Å². The summed E-state index contributed by atoms with van der Waals surface area (Å²) < 4.78 is 22.0. The summed E-state index contributed by atoms with van der Waals surface area (Å²) in [7, 11) is 1.90. The quantitative estimate of drug-likeness (QED) is 0.0739. The van der Waals surface area contributed by atoms with E-state index in [1.165, 1.54) is 25.7 Å². The number of ether oxygens (including phenoxy) is 4. The van der Waals surface area contributed by atoms with Crippen LogP contribution in [-0.4, -0.2) is 108 Å². The molecule has 0 fully saturated rings. The Morgan fingerprint density at radius 1 is 0.682 bits per heavy atom. The van der Waals surface area contributed by atoms with E-state index < -0.39 is 0 Å². The summed E-state index contributed by atoms with van der Waals surface area (Å²) in [5, 5.41) is 16.2. The number of aromatic nitrogens is 3. The van der Waals surface area contributed by atoms with Crippen molar-refractivity contribution in [1.82, 2.24) is 25.6 Å². The molecule has 0 atom stereocenters. The highest BCUT2D eigenvalue weighted by atomic mass is 16.5. The predicted molar refractivity (Wildman–Crippen MR) is 179 cm³/mol. The number of nitrogens with one attached hydrogen (secondary N) is 5. The van der Waals surface area contributed by atoms with Gasteiger partial charge in [-0.3, -0.25) is 0 Å². The maximum absolute atomic E-state index is 5.65. The van der Waals surface area contributed by atoms with Crippen LogP contribution in [0.3, 0.4) is 0 Å². The highest BCUT2D eigenvalue weighted by Gasteiger charge is 2.08. The zero-order valence-electron chi connectivity index (χ0n) is 26.8. The van der Waals surface area contributed by atoms with Crippen LogP contribution in [0.1, 0.15) is 44.6 Å². The first-order valence-electron chi connectivity index (χ1n) is 15.9. The molecule has 0 saturated carbocycles. The molecule has 248 valence electrons. The normalized spacial score (nSPS) is 11.0. The van der Waals surface area contributed by atoms with Crippen LogP contribution in [-0.2, 0) is 18.9 Å². The molecular formula is C31H55N9O4. The fourth-order valence-corrected chi connectivity index (χ4v) is 3.92. The van der Waals surface area contributed by atoms with E-state index in [0.717, 1.165) is 36.5 Å². The van der Waals surface area contributed by atoms with Crippen molar-refractivity contribution in [3.8, 4) is 0 Å². The summed E-state index contributed by atoms with van der Waals surface area (Å²) in [6.45, 7) is 14.2. The number of unbranched alkanes of at least 4 members (excludes halogenated alkanes) is 4. The lowest BCUT2D eigenvalue weighted by atomic mass is 10.1. The van der Waals surface area contributed by atoms with Crippen molar-refractivity contribution in [3.05, 3.63) is 36.4 Å². The Morgan fingerprint density at radius 3 is 1.89 bits per heavy atom. The first-order valence-corrected chi connectivity index (χ1v) is 15.9. The molecule has 13 nitrogen and oxygen atoms in total. The van der Waals surface area contributed by atoms with Crippen LogP contribution in [0.2, 0.25) is 0 Å². The molecule has 0 unspecified atom stereocenters. The maximum Gasteiger partial charge on any atom is 0.233 e. The number of benzene rings is 1. The van der Waals surface area contributed by atoms with Gasteiger partial charge < -0.3 is 51.3 Å². The molecule has 0 bridgehead atoms. The average molecular weight is 618 g/mol. The number of rotatable bonds is 29. The lowest BCUT2D eigenvalue weighted by molar-refractivity contribution is 0.0527. The van der Waals surface area contributed by atoms with E-state index >= 15 is 0 Å². The van der Waals surface area contributed by atoms with Gasteiger partial charge in [-0.1, -0.05) is 51.3 Å². The summed E-state index contributed by atoms with van der Waals surface area (Å²) in [6, 6.07) is 7.93. The topological polar surface area (TPSA) is 162 Å². The molecule has 0 radical (unpaired) electrons. The van der Waals surface area contributed by atoms with Gasteiger partial charge in [-0.15, -0.1) is 0 Å². The van der Waals surface area contributed by atoms with Gasteiger partial charge in [-0.25, -0.2) is 0 Å². The zero-order chi connectivity index (χ0) is 31.5. The van der Waals surface area contributed by atoms with Crippen LogP contribution >= 0.6 is 0 Å². The van der Waals surface area contributed by atoms with Gasteiger partial charge in [-0.05, 0) is 31.2 Å². The first-order chi connectivity index (χ1) is 21.7. The minimum Gasteiger partial charge on any atom is -0.383 e. The lowest BCUT2D eigenvalue weighted by Crippen LogP contribution is -2.19. The largest absolute Gasteiger partial charge is 0.383 e. The van der Waals surface area contributed by atoms with Crippen LogP contribution in [0, 0.1) is 0 Å². The summed E-state index contributed by atoms with van der Waals surface area (Å²) in [6.07, 6.45) is 5.98. The maximum atomic E-state index is 5.65. The Morgan fingerprint density at radius 2 is 1.25 bits per heavy atom. The van der Waals surface area contributed by atoms with Crippen molar-refractivity contribution in [1.29, 1.82) is 0 Å².